The van der Waals surface area contributed by atoms with Gasteiger partial charge in [-0.25, -0.2) is 0 Å². The van der Waals surface area contributed by atoms with Crippen molar-refractivity contribution < 1.29 is 19.5 Å². The van der Waals surface area contributed by atoms with Gasteiger partial charge in [0.15, 0.2) is 0 Å². The molecule has 0 fully saturated rings. The minimum absolute atomic E-state index is 0.173. The van der Waals surface area contributed by atoms with Gasteiger partial charge >= 0.3 is 5.97 Å². The van der Waals surface area contributed by atoms with E-state index in [0.717, 1.165) is 0 Å². The average molecular weight is 327 g/mol. The molecule has 1 aromatic rings. The molecular weight excluding hydrogens is 308 g/mol. The van der Waals surface area contributed by atoms with Crippen LogP contribution in [-0.2, 0) is 9.59 Å². The maximum Gasteiger partial charge on any atom is 0.305 e. The number of nitrogens with one attached hydrogen (secondary N) is 2. The van der Waals surface area contributed by atoms with Crippen LogP contribution in [0.1, 0.15) is 37.6 Å². The number of carboxylic acids is 1. The van der Waals surface area contributed by atoms with Crippen LogP contribution in [-0.4, -0.2) is 28.9 Å². The maximum atomic E-state index is 12.1. The standard InChI is InChI=1S/C15H19ClN2O4/c1-8(2)14(21)18-10-4-5-12(16)11(7-10)15(22)17-9(3)6-13(19)20/h4-5,7-9H,6H2,1-3H3,(H,17,22)(H,18,21)(H,19,20)/t9-/m1/s1. The topological polar surface area (TPSA) is 95.5 Å². The lowest BCUT2D eigenvalue weighted by molar-refractivity contribution is -0.137. The summed E-state index contributed by atoms with van der Waals surface area (Å²) in [6.45, 7) is 5.10. The SMILES string of the molecule is CC(C)C(=O)Nc1ccc(Cl)c(C(=O)N[C@H](C)CC(=O)O)c1. The van der Waals surface area contributed by atoms with Gasteiger partial charge in [-0.1, -0.05) is 25.4 Å². The Morgan fingerprint density at radius 2 is 1.86 bits per heavy atom. The first-order valence-corrected chi connectivity index (χ1v) is 7.21. The minimum atomic E-state index is -1.00. The summed E-state index contributed by atoms with van der Waals surface area (Å²) in [6.07, 6.45) is -0.187. The van der Waals surface area contributed by atoms with Crippen molar-refractivity contribution in [3.05, 3.63) is 28.8 Å². The van der Waals surface area contributed by atoms with Crippen LogP contribution in [0.15, 0.2) is 18.2 Å². The number of amides is 2. The van der Waals surface area contributed by atoms with Crippen molar-refractivity contribution in [3.8, 4) is 0 Å². The Hall–Kier alpha value is -2.08. The van der Waals surface area contributed by atoms with Crippen LogP contribution in [0.3, 0.4) is 0 Å². The van der Waals surface area contributed by atoms with Gasteiger partial charge in [-0.2, -0.15) is 0 Å². The first-order chi connectivity index (χ1) is 10.2. The summed E-state index contributed by atoms with van der Waals surface area (Å²) in [5.74, 6) is -1.85. The summed E-state index contributed by atoms with van der Waals surface area (Å²) in [5.41, 5.74) is 0.639. The number of hydrogen-bond donors (Lipinski definition) is 3. The van der Waals surface area contributed by atoms with E-state index in [4.69, 9.17) is 16.7 Å². The van der Waals surface area contributed by atoms with E-state index in [1.54, 1.807) is 26.8 Å². The van der Waals surface area contributed by atoms with Gasteiger partial charge in [0.05, 0.1) is 17.0 Å². The van der Waals surface area contributed by atoms with Gasteiger partial charge in [0.25, 0.3) is 5.91 Å². The molecule has 1 rings (SSSR count). The monoisotopic (exact) mass is 326 g/mol. The highest BCUT2D eigenvalue weighted by molar-refractivity contribution is 6.34. The summed E-state index contributed by atoms with van der Waals surface area (Å²) in [6, 6.07) is 4.04. The predicted octanol–water partition coefficient (Wildman–Crippen LogP) is 2.53. The van der Waals surface area contributed by atoms with E-state index in [1.807, 2.05) is 0 Å². The molecule has 0 radical (unpaired) electrons. The highest BCUT2D eigenvalue weighted by atomic mass is 35.5. The second-order valence-electron chi connectivity index (χ2n) is 5.31. The van der Waals surface area contributed by atoms with E-state index in [0.29, 0.717) is 5.69 Å². The van der Waals surface area contributed by atoms with Gasteiger partial charge in [-0.15, -0.1) is 0 Å². The molecule has 0 aromatic heterocycles. The van der Waals surface area contributed by atoms with Crippen LogP contribution in [0.4, 0.5) is 5.69 Å². The zero-order chi connectivity index (χ0) is 16.9. The normalized spacial score (nSPS) is 11.9. The average Bonchev–Trinajstić information content (AvgIpc) is 2.39. The molecule has 1 atom stereocenters. The van der Waals surface area contributed by atoms with Crippen LogP contribution < -0.4 is 10.6 Å². The van der Waals surface area contributed by atoms with Crippen LogP contribution in [0.2, 0.25) is 5.02 Å². The molecule has 0 bridgehead atoms. The van der Waals surface area contributed by atoms with Gasteiger partial charge in [0, 0.05) is 17.6 Å². The number of carbonyl (C=O) groups excluding carboxylic acids is 2. The highest BCUT2D eigenvalue weighted by Crippen LogP contribution is 2.21. The molecule has 0 aliphatic heterocycles. The van der Waals surface area contributed by atoms with Crippen LogP contribution in [0, 0.1) is 5.92 Å². The lowest BCUT2D eigenvalue weighted by atomic mass is 10.1. The quantitative estimate of drug-likeness (QED) is 0.748. The molecule has 2 amide bonds. The summed E-state index contributed by atoms with van der Waals surface area (Å²) in [7, 11) is 0. The fraction of sp³-hybridized carbons (Fsp3) is 0.400. The Bertz CT molecular complexity index is 587. The Kier molecular flexibility index (Phi) is 6.37. The van der Waals surface area contributed by atoms with Crippen molar-refractivity contribution in [3.63, 3.8) is 0 Å². The summed E-state index contributed by atoms with van der Waals surface area (Å²) >= 11 is 5.99. The van der Waals surface area contributed by atoms with Gasteiger partial charge in [-0.05, 0) is 25.1 Å². The van der Waals surface area contributed by atoms with E-state index in [-0.39, 0.29) is 28.8 Å². The first kappa shape index (κ1) is 18.0. The van der Waals surface area contributed by atoms with E-state index in [9.17, 15) is 14.4 Å². The second-order valence-corrected chi connectivity index (χ2v) is 5.72. The van der Waals surface area contributed by atoms with E-state index < -0.39 is 17.9 Å². The maximum absolute atomic E-state index is 12.1. The molecule has 0 aliphatic rings. The molecular formula is C15H19ClN2O4. The third-order valence-corrected chi connectivity index (χ3v) is 3.19. The number of carboxylic acid groups (broad SMARTS) is 1. The number of anilines is 1. The molecule has 0 aliphatic carbocycles. The molecule has 120 valence electrons. The summed E-state index contributed by atoms with van der Waals surface area (Å²) in [4.78, 5) is 34.4. The van der Waals surface area contributed by atoms with Gasteiger partial charge < -0.3 is 15.7 Å². The summed E-state index contributed by atoms with van der Waals surface area (Å²) < 4.78 is 0. The molecule has 0 saturated carbocycles. The zero-order valence-corrected chi connectivity index (χ0v) is 13.4. The van der Waals surface area contributed by atoms with E-state index in [2.05, 4.69) is 10.6 Å². The number of hydrogen-bond acceptors (Lipinski definition) is 3. The Morgan fingerprint density at radius 1 is 1.23 bits per heavy atom. The Balaban J connectivity index is 2.87. The lowest BCUT2D eigenvalue weighted by Crippen LogP contribution is -2.34. The molecule has 0 saturated heterocycles. The first-order valence-electron chi connectivity index (χ1n) is 6.83. The summed E-state index contributed by atoms with van der Waals surface area (Å²) in [5, 5.41) is 14.1. The second kappa shape index (κ2) is 7.79. The van der Waals surface area contributed by atoms with Crippen molar-refractivity contribution in [2.45, 2.75) is 33.2 Å². The zero-order valence-electron chi connectivity index (χ0n) is 12.6. The molecule has 3 N–H and O–H groups in total. The Morgan fingerprint density at radius 3 is 2.41 bits per heavy atom. The molecule has 0 heterocycles. The van der Waals surface area contributed by atoms with Crippen molar-refractivity contribution in [2.75, 3.05) is 5.32 Å². The number of halogens is 1. The molecule has 0 unspecified atom stereocenters. The van der Waals surface area contributed by atoms with Gasteiger partial charge in [0.1, 0.15) is 0 Å². The molecule has 1 aromatic carbocycles. The van der Waals surface area contributed by atoms with Gasteiger partial charge in [0.2, 0.25) is 5.91 Å². The van der Waals surface area contributed by atoms with Crippen molar-refractivity contribution >= 4 is 35.1 Å². The predicted molar refractivity (Wildman–Crippen MR) is 84.1 cm³/mol. The van der Waals surface area contributed by atoms with Crippen LogP contribution >= 0.6 is 11.6 Å². The van der Waals surface area contributed by atoms with Gasteiger partial charge in [-0.3, -0.25) is 14.4 Å². The number of aliphatic carboxylic acids is 1. The fourth-order valence-electron chi connectivity index (χ4n) is 1.68. The van der Waals surface area contributed by atoms with Crippen molar-refractivity contribution in [2.24, 2.45) is 5.92 Å². The third kappa shape index (κ3) is 5.37. The van der Waals surface area contributed by atoms with Crippen molar-refractivity contribution in [1.82, 2.24) is 5.32 Å². The third-order valence-electron chi connectivity index (χ3n) is 2.86. The molecule has 22 heavy (non-hydrogen) atoms. The molecule has 0 spiro atoms. The smallest absolute Gasteiger partial charge is 0.305 e. The lowest BCUT2D eigenvalue weighted by Gasteiger charge is -2.14. The molecule has 6 nitrogen and oxygen atoms in total. The number of carbonyl (C=O) groups is 3. The Labute approximate surface area is 133 Å². The number of benzene rings is 1. The van der Waals surface area contributed by atoms with E-state index in [1.165, 1.54) is 12.1 Å². The van der Waals surface area contributed by atoms with Crippen LogP contribution in [0.5, 0.6) is 0 Å². The van der Waals surface area contributed by atoms with Crippen LogP contribution in [0.25, 0.3) is 0 Å². The van der Waals surface area contributed by atoms with Crippen molar-refractivity contribution in [1.29, 1.82) is 0 Å². The largest absolute Gasteiger partial charge is 0.481 e. The van der Waals surface area contributed by atoms with E-state index >= 15 is 0 Å². The molecule has 7 heteroatoms. The number of rotatable bonds is 6. The fourth-order valence-corrected chi connectivity index (χ4v) is 1.88. The minimum Gasteiger partial charge on any atom is -0.481 e. The highest BCUT2D eigenvalue weighted by Gasteiger charge is 2.16.